The van der Waals surface area contributed by atoms with E-state index in [1.807, 2.05) is 13.0 Å². The lowest BCUT2D eigenvalue weighted by Gasteiger charge is -2.21. The Bertz CT molecular complexity index is 1260. The van der Waals surface area contributed by atoms with E-state index in [0.717, 1.165) is 30.6 Å². The van der Waals surface area contributed by atoms with Crippen LogP contribution in [0.5, 0.6) is 0 Å². The highest BCUT2D eigenvalue weighted by Gasteiger charge is 2.24. The van der Waals surface area contributed by atoms with Crippen molar-refractivity contribution >= 4 is 45.6 Å². The second kappa shape index (κ2) is 25.2. The largest absolute Gasteiger partial charge is 0.462 e. The number of Topliss-reactive ketones (excluding diaryl/α,β-unsaturated/α-hetero) is 1. The number of hydrogen-bond donors (Lipinski definition) is 1. The SMILES string of the molecule is CCCCCCC=CCC(CC(C)=O)OC(=O)CC(CCCC)OC(=O)CC(C)OC(=O)CC(CCSc1ccc(S(=O)(=O)O)cc1)OC. The van der Waals surface area contributed by atoms with Gasteiger partial charge in [0.15, 0.2) is 0 Å². The lowest BCUT2D eigenvalue weighted by molar-refractivity contribution is -0.161. The Morgan fingerprint density at radius 3 is 2.00 bits per heavy atom. The standard InChI is InChI=1S/C36H56O11S2/c1-6-8-10-11-12-13-14-16-30(23-27(3)37)46-36(40)26-31(15-9-7-2)47-34(38)24-28(4)45-35(39)25-29(44-5)21-22-48-32-17-19-33(20-18-32)49(41,42)43/h13-14,17-20,28-31H,6-12,15-16,21-26H2,1-5H3,(H,41,42,43). The van der Waals surface area contributed by atoms with Gasteiger partial charge in [-0.3, -0.25) is 23.7 Å². The molecule has 0 aliphatic rings. The second-order valence-electron chi connectivity index (χ2n) is 12.2. The first kappa shape index (κ1) is 44.3. The Labute approximate surface area is 297 Å². The molecule has 0 saturated heterocycles. The predicted octanol–water partition coefficient (Wildman–Crippen LogP) is 7.44. The van der Waals surface area contributed by atoms with Gasteiger partial charge in [-0.1, -0.05) is 58.1 Å². The fraction of sp³-hybridized carbons (Fsp3) is 0.667. The van der Waals surface area contributed by atoms with E-state index in [4.69, 9.17) is 23.5 Å². The van der Waals surface area contributed by atoms with Gasteiger partial charge in [-0.25, -0.2) is 0 Å². The highest BCUT2D eigenvalue weighted by Crippen LogP contribution is 2.23. The highest BCUT2D eigenvalue weighted by molar-refractivity contribution is 7.99. The Hall–Kier alpha value is -2.74. The average Bonchev–Trinajstić information content (AvgIpc) is 3.01. The van der Waals surface area contributed by atoms with Crippen LogP contribution >= 0.6 is 11.8 Å². The van der Waals surface area contributed by atoms with Crippen molar-refractivity contribution in [3.8, 4) is 0 Å². The fourth-order valence-corrected chi connectivity index (χ4v) is 6.32. The van der Waals surface area contributed by atoms with Crippen molar-refractivity contribution in [2.45, 2.75) is 152 Å². The van der Waals surface area contributed by atoms with E-state index in [-0.39, 0.29) is 36.4 Å². The molecule has 278 valence electrons. The van der Waals surface area contributed by atoms with Crippen molar-refractivity contribution in [2.24, 2.45) is 0 Å². The summed E-state index contributed by atoms with van der Waals surface area (Å²) in [6.45, 7) is 7.21. The zero-order valence-electron chi connectivity index (χ0n) is 29.7. The van der Waals surface area contributed by atoms with Crippen molar-refractivity contribution in [1.82, 2.24) is 0 Å². The zero-order chi connectivity index (χ0) is 36.7. The minimum atomic E-state index is -4.26. The van der Waals surface area contributed by atoms with Gasteiger partial charge in [0.1, 0.15) is 24.1 Å². The van der Waals surface area contributed by atoms with Gasteiger partial charge in [0.2, 0.25) is 0 Å². The Morgan fingerprint density at radius 1 is 0.776 bits per heavy atom. The number of thioether (sulfide) groups is 1. The van der Waals surface area contributed by atoms with E-state index in [1.54, 1.807) is 19.1 Å². The molecule has 0 spiro atoms. The van der Waals surface area contributed by atoms with Gasteiger partial charge < -0.3 is 18.9 Å². The number of rotatable bonds is 27. The van der Waals surface area contributed by atoms with Crippen LogP contribution in [0.15, 0.2) is 46.2 Å². The van der Waals surface area contributed by atoms with Crippen LogP contribution in [0.2, 0.25) is 0 Å². The molecule has 0 fully saturated rings. The summed E-state index contributed by atoms with van der Waals surface area (Å²) in [7, 11) is -2.77. The van der Waals surface area contributed by atoms with Crippen molar-refractivity contribution < 1.29 is 51.1 Å². The van der Waals surface area contributed by atoms with Gasteiger partial charge in [0.25, 0.3) is 10.1 Å². The van der Waals surface area contributed by atoms with E-state index < -0.39 is 52.4 Å². The highest BCUT2D eigenvalue weighted by atomic mass is 32.2. The summed E-state index contributed by atoms with van der Waals surface area (Å²) in [6.07, 6.45) is 9.88. The number of benzene rings is 1. The number of hydrogen-bond acceptors (Lipinski definition) is 11. The quantitative estimate of drug-likeness (QED) is 0.0239. The third-order valence-corrected chi connectivity index (χ3v) is 9.43. The lowest BCUT2D eigenvalue weighted by atomic mass is 10.1. The molecule has 1 rings (SSSR count). The van der Waals surface area contributed by atoms with Gasteiger partial charge in [-0.15, -0.1) is 11.8 Å². The Morgan fingerprint density at radius 2 is 1.39 bits per heavy atom. The van der Waals surface area contributed by atoms with Gasteiger partial charge in [-0.05, 0) is 63.8 Å². The van der Waals surface area contributed by atoms with Crippen LogP contribution in [0.1, 0.15) is 118 Å². The van der Waals surface area contributed by atoms with Crippen molar-refractivity contribution in [2.75, 3.05) is 12.9 Å². The molecule has 0 radical (unpaired) electrons. The second-order valence-corrected chi connectivity index (χ2v) is 14.8. The molecule has 0 heterocycles. The molecule has 13 heteroatoms. The Kier molecular flexibility index (Phi) is 22.8. The number of ether oxygens (including phenoxy) is 4. The molecule has 49 heavy (non-hydrogen) atoms. The number of esters is 3. The third kappa shape index (κ3) is 21.9. The van der Waals surface area contributed by atoms with E-state index in [9.17, 15) is 27.6 Å². The zero-order valence-corrected chi connectivity index (χ0v) is 31.4. The Balaban J connectivity index is 2.56. The van der Waals surface area contributed by atoms with Crippen LogP contribution < -0.4 is 0 Å². The smallest absolute Gasteiger partial charge is 0.309 e. The predicted molar refractivity (Wildman–Crippen MR) is 189 cm³/mol. The molecule has 4 unspecified atom stereocenters. The van der Waals surface area contributed by atoms with Gasteiger partial charge in [0, 0.05) is 30.6 Å². The van der Waals surface area contributed by atoms with Crippen molar-refractivity contribution in [1.29, 1.82) is 0 Å². The summed E-state index contributed by atoms with van der Waals surface area (Å²) in [6, 6.07) is 5.80. The monoisotopic (exact) mass is 728 g/mol. The molecule has 1 N–H and O–H groups in total. The minimum absolute atomic E-state index is 0.0292. The molecule has 0 amide bonds. The van der Waals surface area contributed by atoms with Gasteiger partial charge >= 0.3 is 17.9 Å². The molecule has 0 aliphatic heterocycles. The van der Waals surface area contributed by atoms with Crippen LogP contribution in [0.25, 0.3) is 0 Å². The summed E-state index contributed by atoms with van der Waals surface area (Å²) >= 11 is 1.44. The van der Waals surface area contributed by atoms with Crippen LogP contribution in [-0.4, -0.2) is 73.9 Å². The molecule has 0 aliphatic carbocycles. The van der Waals surface area contributed by atoms with Gasteiger partial charge in [-0.2, -0.15) is 8.42 Å². The van der Waals surface area contributed by atoms with Crippen molar-refractivity contribution in [3.63, 3.8) is 0 Å². The summed E-state index contributed by atoms with van der Waals surface area (Å²) in [5.41, 5.74) is 0. The number of ketones is 1. The topological polar surface area (TPSA) is 160 Å². The van der Waals surface area contributed by atoms with Crippen molar-refractivity contribution in [3.05, 3.63) is 36.4 Å². The van der Waals surface area contributed by atoms with Gasteiger partial charge in [0.05, 0.1) is 30.3 Å². The lowest BCUT2D eigenvalue weighted by Crippen LogP contribution is -2.28. The maximum absolute atomic E-state index is 12.8. The number of carbonyl (C=O) groups is 4. The van der Waals surface area contributed by atoms with E-state index in [2.05, 4.69) is 13.0 Å². The first-order valence-electron chi connectivity index (χ1n) is 17.2. The molecule has 1 aromatic rings. The number of allylic oxidation sites excluding steroid dienone is 1. The normalized spacial score (nSPS) is 14.2. The first-order chi connectivity index (χ1) is 23.3. The van der Waals surface area contributed by atoms with Crippen LogP contribution in [0.4, 0.5) is 0 Å². The van der Waals surface area contributed by atoms with E-state index >= 15 is 0 Å². The average molecular weight is 729 g/mol. The summed E-state index contributed by atoms with van der Waals surface area (Å²) in [5, 5.41) is 0. The molecule has 4 atom stereocenters. The third-order valence-electron chi connectivity index (χ3n) is 7.52. The summed E-state index contributed by atoms with van der Waals surface area (Å²) in [5.74, 6) is -1.16. The molecule has 0 saturated carbocycles. The molecule has 0 bridgehead atoms. The van der Waals surface area contributed by atoms with E-state index in [0.29, 0.717) is 25.0 Å². The number of carbonyl (C=O) groups excluding carboxylic acids is 4. The first-order valence-corrected chi connectivity index (χ1v) is 19.7. The number of unbranched alkanes of at least 4 members (excludes halogenated alkanes) is 5. The maximum atomic E-state index is 12.8. The van der Waals surface area contributed by atoms with Crippen LogP contribution in [-0.2, 0) is 48.2 Å². The molecular formula is C36H56O11S2. The molecule has 0 aromatic heterocycles. The molecule has 11 nitrogen and oxygen atoms in total. The fourth-order valence-electron chi connectivity index (χ4n) is 4.89. The van der Waals surface area contributed by atoms with Crippen LogP contribution in [0.3, 0.4) is 0 Å². The summed E-state index contributed by atoms with van der Waals surface area (Å²) in [4.78, 5) is 50.6. The minimum Gasteiger partial charge on any atom is -0.462 e. The number of methoxy groups -OCH3 is 1. The van der Waals surface area contributed by atoms with E-state index in [1.165, 1.54) is 57.2 Å². The molecule has 1 aromatic carbocycles. The molecular weight excluding hydrogens is 673 g/mol. The van der Waals surface area contributed by atoms with Crippen LogP contribution in [0, 0.1) is 0 Å². The maximum Gasteiger partial charge on any atom is 0.309 e. The summed E-state index contributed by atoms with van der Waals surface area (Å²) < 4.78 is 53.6.